The molecule has 0 saturated heterocycles. The van der Waals surface area contributed by atoms with E-state index in [9.17, 15) is 4.79 Å². The van der Waals surface area contributed by atoms with Gasteiger partial charge < -0.3 is 9.73 Å². The molecule has 1 N–H and O–H groups in total. The van der Waals surface area contributed by atoms with Crippen LogP contribution in [0.4, 0.5) is 5.69 Å². The lowest BCUT2D eigenvalue weighted by atomic mass is 10.1. The van der Waals surface area contributed by atoms with Gasteiger partial charge in [-0.25, -0.2) is 4.98 Å². The molecule has 116 valence electrons. The molecule has 0 saturated carbocycles. The number of rotatable bonds is 5. The molecular formula is C18H15ClN2O2. The summed E-state index contributed by atoms with van der Waals surface area (Å²) >= 11 is 5.85. The van der Waals surface area contributed by atoms with Crippen LogP contribution in [-0.2, 0) is 11.2 Å². The number of nitrogens with one attached hydrogen (secondary N) is 1. The number of oxazole rings is 1. The molecule has 0 aliphatic rings. The van der Waals surface area contributed by atoms with Crippen LogP contribution in [0, 0.1) is 0 Å². The van der Waals surface area contributed by atoms with Crippen molar-refractivity contribution in [2.45, 2.75) is 12.8 Å². The molecule has 2 aromatic carbocycles. The number of aryl methyl sites for hydroxylation is 1. The van der Waals surface area contributed by atoms with Crippen molar-refractivity contribution >= 4 is 23.2 Å². The maximum atomic E-state index is 12.1. The third-order valence-corrected chi connectivity index (χ3v) is 3.67. The van der Waals surface area contributed by atoms with E-state index in [1.165, 1.54) is 6.39 Å². The number of carbonyl (C=O) groups is 1. The van der Waals surface area contributed by atoms with E-state index in [0.717, 1.165) is 16.8 Å². The van der Waals surface area contributed by atoms with E-state index in [-0.39, 0.29) is 5.91 Å². The summed E-state index contributed by atoms with van der Waals surface area (Å²) in [5, 5.41) is 3.60. The third-order valence-electron chi connectivity index (χ3n) is 3.42. The molecule has 1 aromatic heterocycles. The zero-order valence-electron chi connectivity index (χ0n) is 12.3. The summed E-state index contributed by atoms with van der Waals surface area (Å²) in [6.45, 7) is 0. The average Bonchev–Trinajstić information content (AvgIpc) is 3.09. The molecule has 0 fully saturated rings. The van der Waals surface area contributed by atoms with Crippen molar-refractivity contribution in [2.75, 3.05) is 5.32 Å². The van der Waals surface area contributed by atoms with Gasteiger partial charge in [0.25, 0.3) is 0 Å². The van der Waals surface area contributed by atoms with Gasteiger partial charge in [0.1, 0.15) is 0 Å². The van der Waals surface area contributed by atoms with E-state index in [1.807, 2.05) is 48.5 Å². The van der Waals surface area contributed by atoms with E-state index in [1.54, 1.807) is 6.20 Å². The number of nitrogens with zero attached hydrogens (tertiary/aromatic N) is 1. The van der Waals surface area contributed by atoms with Crippen LogP contribution < -0.4 is 5.32 Å². The fourth-order valence-corrected chi connectivity index (χ4v) is 2.37. The summed E-state index contributed by atoms with van der Waals surface area (Å²) < 4.78 is 5.26. The van der Waals surface area contributed by atoms with Crippen molar-refractivity contribution in [2.24, 2.45) is 0 Å². The first-order valence-electron chi connectivity index (χ1n) is 7.24. The summed E-state index contributed by atoms with van der Waals surface area (Å²) in [5.41, 5.74) is 2.69. The SMILES string of the molecule is O=C(CCc1ccc(Cl)cc1)Nc1cccc(-c2cnco2)c1. The lowest BCUT2D eigenvalue weighted by Gasteiger charge is -2.07. The maximum Gasteiger partial charge on any atom is 0.224 e. The van der Waals surface area contributed by atoms with Crippen molar-refractivity contribution in [3.05, 3.63) is 71.7 Å². The second-order valence-electron chi connectivity index (χ2n) is 5.12. The minimum absolute atomic E-state index is 0.0327. The van der Waals surface area contributed by atoms with Crippen LogP contribution in [0.15, 0.2) is 65.5 Å². The van der Waals surface area contributed by atoms with Crippen molar-refractivity contribution in [3.8, 4) is 11.3 Å². The molecule has 4 nitrogen and oxygen atoms in total. The highest BCUT2D eigenvalue weighted by Gasteiger charge is 2.06. The van der Waals surface area contributed by atoms with Crippen molar-refractivity contribution in [3.63, 3.8) is 0 Å². The Kier molecular flexibility index (Phi) is 4.74. The van der Waals surface area contributed by atoms with Crippen LogP contribution in [-0.4, -0.2) is 10.9 Å². The van der Waals surface area contributed by atoms with Gasteiger partial charge in [0.15, 0.2) is 12.2 Å². The average molecular weight is 327 g/mol. The van der Waals surface area contributed by atoms with Crippen molar-refractivity contribution in [1.82, 2.24) is 4.98 Å². The highest BCUT2D eigenvalue weighted by Crippen LogP contribution is 2.22. The van der Waals surface area contributed by atoms with Gasteiger partial charge in [-0.2, -0.15) is 0 Å². The number of hydrogen-bond donors (Lipinski definition) is 1. The number of aromatic nitrogens is 1. The van der Waals surface area contributed by atoms with E-state index in [4.69, 9.17) is 16.0 Å². The Morgan fingerprint density at radius 3 is 2.74 bits per heavy atom. The predicted octanol–water partition coefficient (Wildman–Crippen LogP) is 4.57. The fraction of sp³-hybridized carbons (Fsp3) is 0.111. The molecule has 0 atom stereocenters. The van der Waals surface area contributed by atoms with Gasteiger partial charge in [-0.3, -0.25) is 4.79 Å². The van der Waals surface area contributed by atoms with Crippen LogP contribution >= 0.6 is 11.6 Å². The number of hydrogen-bond acceptors (Lipinski definition) is 3. The summed E-state index contributed by atoms with van der Waals surface area (Å²) in [6, 6.07) is 15.0. The summed E-state index contributed by atoms with van der Waals surface area (Å²) in [5.74, 6) is 0.636. The van der Waals surface area contributed by atoms with Gasteiger partial charge in [0.2, 0.25) is 5.91 Å². The smallest absolute Gasteiger partial charge is 0.224 e. The number of halogens is 1. The highest BCUT2D eigenvalue weighted by molar-refractivity contribution is 6.30. The Labute approximate surface area is 139 Å². The molecule has 0 bridgehead atoms. The van der Waals surface area contributed by atoms with Crippen LogP contribution in [0.25, 0.3) is 11.3 Å². The second-order valence-corrected chi connectivity index (χ2v) is 5.56. The van der Waals surface area contributed by atoms with Crippen molar-refractivity contribution in [1.29, 1.82) is 0 Å². The summed E-state index contributed by atoms with van der Waals surface area (Å²) in [7, 11) is 0. The number of amides is 1. The van der Waals surface area contributed by atoms with Crippen LogP contribution in [0.5, 0.6) is 0 Å². The highest BCUT2D eigenvalue weighted by atomic mass is 35.5. The zero-order valence-corrected chi connectivity index (χ0v) is 13.1. The Bertz CT molecular complexity index is 783. The predicted molar refractivity (Wildman–Crippen MR) is 90.3 cm³/mol. The van der Waals surface area contributed by atoms with E-state index >= 15 is 0 Å². The van der Waals surface area contributed by atoms with Gasteiger partial charge in [0, 0.05) is 22.7 Å². The quantitative estimate of drug-likeness (QED) is 0.747. The first-order chi connectivity index (χ1) is 11.2. The number of anilines is 1. The molecule has 0 aliphatic heterocycles. The van der Waals surface area contributed by atoms with Crippen molar-refractivity contribution < 1.29 is 9.21 Å². The molecule has 0 radical (unpaired) electrons. The van der Waals surface area contributed by atoms with Gasteiger partial charge >= 0.3 is 0 Å². The topological polar surface area (TPSA) is 55.1 Å². The van der Waals surface area contributed by atoms with E-state index in [2.05, 4.69) is 10.3 Å². The van der Waals surface area contributed by atoms with Gasteiger partial charge in [-0.15, -0.1) is 0 Å². The lowest BCUT2D eigenvalue weighted by molar-refractivity contribution is -0.116. The Morgan fingerprint density at radius 2 is 2.00 bits per heavy atom. The molecule has 23 heavy (non-hydrogen) atoms. The minimum atomic E-state index is -0.0327. The third kappa shape index (κ3) is 4.20. The monoisotopic (exact) mass is 326 g/mol. The number of carbonyl (C=O) groups excluding carboxylic acids is 1. The number of benzene rings is 2. The minimum Gasteiger partial charge on any atom is -0.444 e. The first-order valence-corrected chi connectivity index (χ1v) is 7.62. The van der Waals surface area contributed by atoms with Gasteiger partial charge in [-0.05, 0) is 36.2 Å². The zero-order chi connectivity index (χ0) is 16.1. The molecule has 0 spiro atoms. The first kappa shape index (κ1) is 15.3. The van der Waals surface area contributed by atoms with E-state index in [0.29, 0.717) is 23.6 Å². The molecule has 1 heterocycles. The maximum absolute atomic E-state index is 12.1. The molecule has 1 amide bonds. The fourth-order valence-electron chi connectivity index (χ4n) is 2.24. The van der Waals surface area contributed by atoms with Gasteiger partial charge in [-0.1, -0.05) is 35.9 Å². The second kappa shape index (κ2) is 7.11. The van der Waals surface area contributed by atoms with E-state index < -0.39 is 0 Å². The lowest BCUT2D eigenvalue weighted by Crippen LogP contribution is -2.12. The largest absolute Gasteiger partial charge is 0.444 e. The summed E-state index contributed by atoms with van der Waals surface area (Å²) in [6.07, 6.45) is 4.10. The Balaban J connectivity index is 1.59. The molecule has 0 unspecified atom stereocenters. The normalized spacial score (nSPS) is 10.5. The summed E-state index contributed by atoms with van der Waals surface area (Å²) in [4.78, 5) is 16.0. The van der Waals surface area contributed by atoms with Crippen LogP contribution in [0.1, 0.15) is 12.0 Å². The van der Waals surface area contributed by atoms with Crippen LogP contribution in [0.2, 0.25) is 5.02 Å². The Hall–Kier alpha value is -2.59. The molecule has 3 aromatic rings. The van der Waals surface area contributed by atoms with Gasteiger partial charge in [0.05, 0.1) is 6.20 Å². The molecular weight excluding hydrogens is 312 g/mol. The molecule has 0 aliphatic carbocycles. The standard InChI is InChI=1S/C18H15ClN2O2/c19-15-7-4-13(5-8-15)6-9-18(22)21-16-3-1-2-14(10-16)17-11-20-12-23-17/h1-5,7-8,10-12H,6,9H2,(H,21,22). The molecule has 5 heteroatoms. The van der Waals surface area contributed by atoms with Crippen LogP contribution in [0.3, 0.4) is 0 Å². The Morgan fingerprint density at radius 1 is 1.17 bits per heavy atom. The molecule has 3 rings (SSSR count).